The van der Waals surface area contributed by atoms with E-state index in [4.69, 9.17) is 18.9 Å². The average molecular weight is 297 g/mol. The van der Waals surface area contributed by atoms with Crippen molar-refractivity contribution < 1.29 is 18.9 Å². The molecule has 0 aliphatic rings. The van der Waals surface area contributed by atoms with Gasteiger partial charge in [-0.3, -0.25) is 0 Å². The summed E-state index contributed by atoms with van der Waals surface area (Å²) in [6.07, 6.45) is 0.222. The predicted octanol–water partition coefficient (Wildman–Crippen LogP) is 2.23. The highest BCUT2D eigenvalue weighted by molar-refractivity contribution is 5.40. The highest BCUT2D eigenvalue weighted by atomic mass is 16.5. The largest absolute Gasteiger partial charge is 0.497 e. The molecule has 0 aliphatic heterocycles. The Balaban J connectivity index is 2.54. The van der Waals surface area contributed by atoms with Gasteiger partial charge in [0.2, 0.25) is 0 Å². The summed E-state index contributed by atoms with van der Waals surface area (Å²) in [4.78, 5) is 0. The zero-order valence-corrected chi connectivity index (χ0v) is 13.5. The molecule has 1 aromatic rings. The van der Waals surface area contributed by atoms with Crippen LogP contribution < -0.4 is 14.8 Å². The van der Waals surface area contributed by atoms with Gasteiger partial charge in [-0.15, -0.1) is 0 Å². The fourth-order valence-electron chi connectivity index (χ4n) is 1.79. The van der Waals surface area contributed by atoms with Crippen molar-refractivity contribution in [1.82, 2.24) is 5.32 Å². The second kappa shape index (κ2) is 10.4. The Hall–Kier alpha value is -1.30. The van der Waals surface area contributed by atoms with Crippen molar-refractivity contribution in [2.24, 2.45) is 0 Å². The van der Waals surface area contributed by atoms with Crippen molar-refractivity contribution in [3.05, 3.63) is 23.8 Å². The number of ether oxygens (including phenoxy) is 4. The molecule has 1 aromatic carbocycles. The van der Waals surface area contributed by atoms with Gasteiger partial charge in [-0.25, -0.2) is 0 Å². The molecular formula is C16H27NO4. The highest BCUT2D eigenvalue weighted by Gasteiger charge is 2.06. The van der Waals surface area contributed by atoms with Gasteiger partial charge in [-0.1, -0.05) is 0 Å². The fraction of sp³-hybridized carbons (Fsp3) is 0.625. The van der Waals surface area contributed by atoms with Gasteiger partial charge in [0.05, 0.1) is 26.4 Å². The monoisotopic (exact) mass is 297 g/mol. The molecule has 1 rings (SSSR count). The molecule has 0 unspecified atom stereocenters. The summed E-state index contributed by atoms with van der Waals surface area (Å²) in [6, 6.07) is 5.82. The van der Waals surface area contributed by atoms with Crippen LogP contribution in [0.25, 0.3) is 0 Å². The minimum Gasteiger partial charge on any atom is -0.497 e. The zero-order chi connectivity index (χ0) is 15.5. The molecule has 5 nitrogen and oxygen atoms in total. The summed E-state index contributed by atoms with van der Waals surface area (Å²) in [7, 11) is 3.35. The van der Waals surface area contributed by atoms with E-state index in [1.807, 2.05) is 32.0 Å². The topological polar surface area (TPSA) is 49.0 Å². The van der Waals surface area contributed by atoms with Gasteiger partial charge < -0.3 is 24.3 Å². The molecule has 0 atom stereocenters. The first-order chi connectivity index (χ1) is 10.2. The van der Waals surface area contributed by atoms with E-state index in [1.165, 1.54) is 0 Å². The first-order valence-corrected chi connectivity index (χ1v) is 7.28. The van der Waals surface area contributed by atoms with E-state index in [0.29, 0.717) is 26.4 Å². The van der Waals surface area contributed by atoms with Crippen LogP contribution in [0.15, 0.2) is 18.2 Å². The summed E-state index contributed by atoms with van der Waals surface area (Å²) in [5, 5.41) is 3.31. The van der Waals surface area contributed by atoms with Crippen molar-refractivity contribution in [1.29, 1.82) is 0 Å². The Morgan fingerprint density at radius 2 is 1.90 bits per heavy atom. The minimum absolute atomic E-state index is 0.222. The Labute approximate surface area is 127 Å². The van der Waals surface area contributed by atoms with Crippen molar-refractivity contribution in [2.45, 2.75) is 26.5 Å². The van der Waals surface area contributed by atoms with E-state index < -0.39 is 0 Å². The van der Waals surface area contributed by atoms with Gasteiger partial charge in [-0.05, 0) is 32.0 Å². The van der Waals surface area contributed by atoms with Crippen LogP contribution in [0.4, 0.5) is 0 Å². The van der Waals surface area contributed by atoms with E-state index >= 15 is 0 Å². The zero-order valence-electron chi connectivity index (χ0n) is 13.5. The maximum Gasteiger partial charge on any atom is 0.124 e. The van der Waals surface area contributed by atoms with Gasteiger partial charge >= 0.3 is 0 Å². The van der Waals surface area contributed by atoms with E-state index in [2.05, 4.69) is 5.32 Å². The molecule has 120 valence electrons. The normalized spacial score (nSPS) is 10.9. The number of hydrogen-bond donors (Lipinski definition) is 1. The van der Waals surface area contributed by atoms with Crippen molar-refractivity contribution in [3.8, 4) is 11.5 Å². The van der Waals surface area contributed by atoms with Gasteiger partial charge in [0.15, 0.2) is 0 Å². The molecule has 0 aliphatic carbocycles. The molecule has 0 saturated heterocycles. The summed E-state index contributed by atoms with van der Waals surface area (Å²) in [6.45, 7) is 7.33. The van der Waals surface area contributed by atoms with Crippen LogP contribution in [0.3, 0.4) is 0 Å². The van der Waals surface area contributed by atoms with Crippen LogP contribution in [0.1, 0.15) is 19.4 Å². The Morgan fingerprint density at radius 3 is 2.57 bits per heavy atom. The SMILES string of the molecule is COCCNCc1cc(OC)ccc1OCCOC(C)C. The maximum absolute atomic E-state index is 5.79. The number of methoxy groups -OCH3 is 2. The summed E-state index contributed by atoms with van der Waals surface area (Å²) in [5.41, 5.74) is 1.06. The van der Waals surface area contributed by atoms with E-state index in [1.54, 1.807) is 14.2 Å². The van der Waals surface area contributed by atoms with E-state index in [0.717, 1.165) is 23.6 Å². The number of nitrogens with one attached hydrogen (secondary N) is 1. The molecule has 0 spiro atoms. The molecule has 0 heterocycles. The summed E-state index contributed by atoms with van der Waals surface area (Å²) < 4.78 is 21.6. The fourth-order valence-corrected chi connectivity index (χ4v) is 1.79. The predicted molar refractivity (Wildman–Crippen MR) is 83.2 cm³/mol. The van der Waals surface area contributed by atoms with Crippen LogP contribution in [0.2, 0.25) is 0 Å². The number of rotatable bonds is 11. The first-order valence-electron chi connectivity index (χ1n) is 7.28. The molecule has 5 heteroatoms. The minimum atomic E-state index is 0.222. The quantitative estimate of drug-likeness (QED) is 0.635. The van der Waals surface area contributed by atoms with Gasteiger partial charge in [0, 0.05) is 25.8 Å². The molecule has 0 amide bonds. The summed E-state index contributed by atoms with van der Waals surface area (Å²) in [5.74, 6) is 1.68. The maximum atomic E-state index is 5.79. The summed E-state index contributed by atoms with van der Waals surface area (Å²) >= 11 is 0. The lowest BCUT2D eigenvalue weighted by Crippen LogP contribution is -2.19. The second-order valence-electron chi connectivity index (χ2n) is 4.91. The van der Waals surface area contributed by atoms with Crippen molar-refractivity contribution in [2.75, 3.05) is 40.6 Å². The Bertz CT molecular complexity index is 396. The molecule has 0 bridgehead atoms. The smallest absolute Gasteiger partial charge is 0.124 e. The van der Waals surface area contributed by atoms with Crippen LogP contribution in [0.5, 0.6) is 11.5 Å². The molecule has 0 radical (unpaired) electrons. The molecule has 0 fully saturated rings. The Morgan fingerprint density at radius 1 is 1.10 bits per heavy atom. The van der Waals surface area contributed by atoms with Crippen LogP contribution in [0, 0.1) is 0 Å². The first kappa shape index (κ1) is 17.8. The third-order valence-electron chi connectivity index (χ3n) is 2.86. The third-order valence-corrected chi connectivity index (χ3v) is 2.86. The van der Waals surface area contributed by atoms with Gasteiger partial charge in [-0.2, -0.15) is 0 Å². The van der Waals surface area contributed by atoms with Crippen molar-refractivity contribution >= 4 is 0 Å². The van der Waals surface area contributed by atoms with E-state index in [9.17, 15) is 0 Å². The lowest BCUT2D eigenvalue weighted by Gasteiger charge is -2.14. The standard InChI is InChI=1S/C16H27NO4/c1-13(2)20-9-10-21-16-6-5-15(19-4)11-14(16)12-17-7-8-18-3/h5-6,11,13,17H,7-10,12H2,1-4H3. The molecule has 21 heavy (non-hydrogen) atoms. The van der Waals surface area contributed by atoms with Crippen LogP contribution >= 0.6 is 0 Å². The van der Waals surface area contributed by atoms with Crippen LogP contribution in [-0.2, 0) is 16.0 Å². The molecular weight excluding hydrogens is 270 g/mol. The van der Waals surface area contributed by atoms with Crippen LogP contribution in [-0.4, -0.2) is 46.7 Å². The number of hydrogen-bond acceptors (Lipinski definition) is 5. The lowest BCUT2D eigenvalue weighted by molar-refractivity contribution is 0.0550. The van der Waals surface area contributed by atoms with Gasteiger partial charge in [0.1, 0.15) is 18.1 Å². The highest BCUT2D eigenvalue weighted by Crippen LogP contribution is 2.24. The number of benzene rings is 1. The van der Waals surface area contributed by atoms with Gasteiger partial charge in [0.25, 0.3) is 0 Å². The molecule has 1 N–H and O–H groups in total. The molecule has 0 saturated carbocycles. The van der Waals surface area contributed by atoms with E-state index in [-0.39, 0.29) is 6.10 Å². The van der Waals surface area contributed by atoms with Crippen molar-refractivity contribution in [3.63, 3.8) is 0 Å². The second-order valence-corrected chi connectivity index (χ2v) is 4.91. The lowest BCUT2D eigenvalue weighted by atomic mass is 10.2. The molecule has 0 aromatic heterocycles. The third kappa shape index (κ3) is 7.32. The Kier molecular flexibility index (Phi) is 8.82. The average Bonchev–Trinajstić information content (AvgIpc) is 2.48.